The number of aromatic nitrogens is 2. The highest BCUT2D eigenvalue weighted by Gasteiger charge is 2.16. The van der Waals surface area contributed by atoms with Gasteiger partial charge in [0.15, 0.2) is 6.10 Å². The molecular weight excluding hydrogens is 334 g/mol. The number of nitrogens with zero attached hydrogens (tertiary/aromatic N) is 2. The van der Waals surface area contributed by atoms with Crippen molar-refractivity contribution in [2.45, 2.75) is 13.0 Å². The molecule has 0 bridgehead atoms. The van der Waals surface area contributed by atoms with Crippen LogP contribution in [0.15, 0.2) is 47.3 Å². The number of nitrogens with one attached hydrogen (secondary N) is 1. The van der Waals surface area contributed by atoms with E-state index in [2.05, 4.69) is 5.32 Å². The van der Waals surface area contributed by atoms with E-state index in [0.717, 1.165) is 11.0 Å². The molecule has 0 aliphatic heterocycles. The number of benzene rings is 2. The van der Waals surface area contributed by atoms with E-state index in [1.165, 1.54) is 0 Å². The Balaban J connectivity index is 1.75. The second kappa shape index (κ2) is 6.95. The molecule has 0 aliphatic rings. The van der Waals surface area contributed by atoms with E-state index in [-0.39, 0.29) is 11.6 Å². The maximum absolute atomic E-state index is 12.4. The van der Waals surface area contributed by atoms with E-state index in [4.69, 9.17) is 9.47 Å². The number of anilines is 1. The van der Waals surface area contributed by atoms with Crippen LogP contribution < -0.4 is 20.5 Å². The third-order valence-corrected chi connectivity index (χ3v) is 4.26. The summed E-state index contributed by atoms with van der Waals surface area (Å²) in [6.45, 7) is 1.67. The van der Waals surface area contributed by atoms with Crippen LogP contribution in [0.1, 0.15) is 6.92 Å². The second-order valence-electron chi connectivity index (χ2n) is 6.03. The average molecular weight is 355 g/mol. The SMILES string of the molecule is COc1cccc(O[C@@H](C)C(=O)Nc2ccc3c(c2)n(C)c(=O)n3C)c1. The molecule has 7 nitrogen and oxygen atoms in total. The minimum absolute atomic E-state index is 0.113. The fraction of sp³-hybridized carbons (Fsp3) is 0.263. The van der Waals surface area contributed by atoms with Gasteiger partial charge >= 0.3 is 5.69 Å². The van der Waals surface area contributed by atoms with Crippen molar-refractivity contribution in [3.63, 3.8) is 0 Å². The van der Waals surface area contributed by atoms with Crippen LogP contribution in [0.25, 0.3) is 11.0 Å². The summed E-state index contributed by atoms with van der Waals surface area (Å²) in [6, 6.07) is 12.4. The van der Waals surface area contributed by atoms with Gasteiger partial charge in [0.2, 0.25) is 0 Å². The molecule has 0 fully saturated rings. The van der Waals surface area contributed by atoms with Crippen molar-refractivity contribution in [3.8, 4) is 11.5 Å². The highest BCUT2D eigenvalue weighted by molar-refractivity contribution is 5.95. The molecule has 1 aromatic heterocycles. The zero-order chi connectivity index (χ0) is 18.8. The molecule has 1 atom stereocenters. The Morgan fingerprint density at radius 1 is 1.04 bits per heavy atom. The Labute approximate surface area is 150 Å². The van der Waals surface area contributed by atoms with Crippen LogP contribution in [0.3, 0.4) is 0 Å². The second-order valence-corrected chi connectivity index (χ2v) is 6.03. The standard InChI is InChI=1S/C19H21N3O4/c1-12(26-15-7-5-6-14(11-15)25-4)18(23)20-13-8-9-16-17(10-13)22(3)19(24)21(16)2/h5-12H,1-4H3,(H,20,23)/t12-/m0/s1. The van der Waals surface area contributed by atoms with Gasteiger partial charge in [-0.2, -0.15) is 0 Å². The minimum atomic E-state index is -0.697. The molecule has 3 aromatic rings. The lowest BCUT2D eigenvalue weighted by Crippen LogP contribution is -2.30. The van der Waals surface area contributed by atoms with E-state index in [1.54, 1.807) is 79.7 Å². The molecule has 1 heterocycles. The zero-order valence-corrected chi connectivity index (χ0v) is 15.1. The molecule has 1 amide bonds. The van der Waals surface area contributed by atoms with Gasteiger partial charge in [-0.1, -0.05) is 6.07 Å². The summed E-state index contributed by atoms with van der Waals surface area (Å²) in [5, 5.41) is 2.82. The van der Waals surface area contributed by atoms with Gasteiger partial charge in [-0.05, 0) is 37.3 Å². The van der Waals surface area contributed by atoms with Crippen molar-refractivity contribution in [2.75, 3.05) is 12.4 Å². The van der Waals surface area contributed by atoms with Crippen LogP contribution in [0.2, 0.25) is 0 Å². The molecule has 1 N–H and O–H groups in total. The minimum Gasteiger partial charge on any atom is -0.497 e. The topological polar surface area (TPSA) is 74.5 Å². The number of imidazole rings is 1. The van der Waals surface area contributed by atoms with Gasteiger partial charge in [0, 0.05) is 25.8 Å². The summed E-state index contributed by atoms with van der Waals surface area (Å²) in [5.41, 5.74) is 2.04. The fourth-order valence-corrected chi connectivity index (χ4v) is 2.76. The molecule has 0 spiro atoms. The summed E-state index contributed by atoms with van der Waals surface area (Å²) in [6.07, 6.45) is -0.697. The summed E-state index contributed by atoms with van der Waals surface area (Å²) < 4.78 is 13.9. The van der Waals surface area contributed by atoms with Crippen molar-refractivity contribution in [1.29, 1.82) is 0 Å². The van der Waals surface area contributed by atoms with Gasteiger partial charge in [-0.25, -0.2) is 4.79 Å². The van der Waals surface area contributed by atoms with Crippen LogP contribution in [0.4, 0.5) is 5.69 Å². The fourth-order valence-electron chi connectivity index (χ4n) is 2.76. The number of rotatable bonds is 5. The van der Waals surface area contributed by atoms with E-state index in [0.29, 0.717) is 17.2 Å². The van der Waals surface area contributed by atoms with Crippen molar-refractivity contribution in [2.24, 2.45) is 14.1 Å². The van der Waals surface area contributed by atoms with Gasteiger partial charge in [0.05, 0.1) is 18.1 Å². The summed E-state index contributed by atoms with van der Waals surface area (Å²) in [7, 11) is 4.99. The van der Waals surface area contributed by atoms with E-state index in [1.807, 2.05) is 0 Å². The molecule has 0 radical (unpaired) electrons. The van der Waals surface area contributed by atoms with Crippen molar-refractivity contribution in [1.82, 2.24) is 9.13 Å². The first-order valence-electron chi connectivity index (χ1n) is 8.17. The first kappa shape index (κ1) is 17.6. The Bertz CT molecular complexity index is 1020. The number of aryl methyl sites for hydroxylation is 2. The molecule has 0 saturated carbocycles. The molecule has 0 saturated heterocycles. The van der Waals surface area contributed by atoms with Crippen LogP contribution >= 0.6 is 0 Å². The molecule has 26 heavy (non-hydrogen) atoms. The monoisotopic (exact) mass is 355 g/mol. The van der Waals surface area contributed by atoms with Crippen LogP contribution in [-0.4, -0.2) is 28.3 Å². The highest BCUT2D eigenvalue weighted by Crippen LogP contribution is 2.21. The molecule has 0 unspecified atom stereocenters. The Morgan fingerprint density at radius 3 is 2.46 bits per heavy atom. The maximum Gasteiger partial charge on any atom is 0.328 e. The van der Waals surface area contributed by atoms with Gasteiger partial charge in [0.1, 0.15) is 11.5 Å². The molecular formula is C19H21N3O4. The third-order valence-electron chi connectivity index (χ3n) is 4.26. The number of fused-ring (bicyclic) bond motifs is 1. The number of amides is 1. The van der Waals surface area contributed by atoms with Gasteiger partial charge in [-0.15, -0.1) is 0 Å². The molecule has 2 aromatic carbocycles. The first-order valence-corrected chi connectivity index (χ1v) is 8.17. The zero-order valence-electron chi connectivity index (χ0n) is 15.1. The number of hydrogen-bond donors (Lipinski definition) is 1. The Kier molecular flexibility index (Phi) is 4.71. The van der Waals surface area contributed by atoms with Crippen LogP contribution in [0.5, 0.6) is 11.5 Å². The van der Waals surface area contributed by atoms with E-state index in [9.17, 15) is 9.59 Å². The first-order chi connectivity index (χ1) is 12.4. The van der Waals surface area contributed by atoms with Crippen molar-refractivity contribution in [3.05, 3.63) is 52.9 Å². The lowest BCUT2D eigenvalue weighted by molar-refractivity contribution is -0.122. The number of hydrogen-bond acceptors (Lipinski definition) is 4. The normalized spacial score (nSPS) is 12.0. The summed E-state index contributed by atoms with van der Waals surface area (Å²) in [5.74, 6) is 0.923. The van der Waals surface area contributed by atoms with Crippen molar-refractivity contribution < 1.29 is 14.3 Å². The summed E-state index contributed by atoms with van der Waals surface area (Å²) in [4.78, 5) is 24.4. The predicted octanol–water partition coefficient (Wildman–Crippen LogP) is 2.29. The number of carbonyl (C=O) groups is 1. The quantitative estimate of drug-likeness (QED) is 0.762. The lowest BCUT2D eigenvalue weighted by atomic mass is 10.2. The highest BCUT2D eigenvalue weighted by atomic mass is 16.5. The molecule has 7 heteroatoms. The van der Waals surface area contributed by atoms with Crippen LogP contribution in [0, 0.1) is 0 Å². The van der Waals surface area contributed by atoms with Gasteiger partial charge in [0.25, 0.3) is 5.91 Å². The Hall–Kier alpha value is -3.22. The molecule has 0 aliphatic carbocycles. The van der Waals surface area contributed by atoms with Crippen LogP contribution in [-0.2, 0) is 18.9 Å². The molecule has 3 rings (SSSR count). The third kappa shape index (κ3) is 3.28. The number of carbonyl (C=O) groups excluding carboxylic acids is 1. The smallest absolute Gasteiger partial charge is 0.328 e. The van der Waals surface area contributed by atoms with E-state index < -0.39 is 6.10 Å². The number of methoxy groups -OCH3 is 1. The van der Waals surface area contributed by atoms with Gasteiger partial charge in [-0.3, -0.25) is 13.9 Å². The lowest BCUT2D eigenvalue weighted by Gasteiger charge is -2.15. The maximum atomic E-state index is 12.4. The molecule has 136 valence electrons. The van der Waals surface area contributed by atoms with E-state index >= 15 is 0 Å². The number of ether oxygens (including phenoxy) is 2. The Morgan fingerprint density at radius 2 is 1.73 bits per heavy atom. The average Bonchev–Trinajstić information content (AvgIpc) is 2.86. The summed E-state index contributed by atoms with van der Waals surface area (Å²) >= 11 is 0. The van der Waals surface area contributed by atoms with Gasteiger partial charge < -0.3 is 14.8 Å². The largest absolute Gasteiger partial charge is 0.497 e. The predicted molar refractivity (Wildman–Crippen MR) is 99.9 cm³/mol. The van der Waals surface area contributed by atoms with Crippen molar-refractivity contribution >= 4 is 22.6 Å².